The van der Waals surface area contributed by atoms with Crippen molar-refractivity contribution < 1.29 is 9.59 Å². The number of aromatic amines is 1. The minimum Gasteiger partial charge on any atom is -0.360 e. The number of halogens is 3. The van der Waals surface area contributed by atoms with Crippen LogP contribution in [0.15, 0.2) is 42.6 Å². The molecule has 1 amide bonds. The highest BCUT2D eigenvalue weighted by Gasteiger charge is 2.21. The van der Waals surface area contributed by atoms with Gasteiger partial charge in [-0.2, -0.15) is 0 Å². The Balaban J connectivity index is 1.91. The molecule has 1 aromatic heterocycles. The number of anilines is 1. The number of ketones is 1. The van der Waals surface area contributed by atoms with Crippen molar-refractivity contribution in [3.63, 3.8) is 0 Å². The summed E-state index contributed by atoms with van der Waals surface area (Å²) in [4.78, 5) is 27.5. The Kier molecular flexibility index (Phi) is 4.31. The van der Waals surface area contributed by atoms with Gasteiger partial charge in [0.1, 0.15) is 0 Å². The highest BCUT2D eigenvalue weighted by Crippen LogP contribution is 2.30. The Morgan fingerprint density at radius 2 is 1.83 bits per heavy atom. The maximum absolute atomic E-state index is 12.4. The van der Waals surface area contributed by atoms with Crippen molar-refractivity contribution in [2.75, 3.05) is 5.32 Å². The molecule has 0 atom stereocenters. The Morgan fingerprint density at radius 1 is 1.04 bits per heavy atom. The first-order chi connectivity index (χ1) is 11.0. The number of carbonyl (C=O) groups is 2. The summed E-state index contributed by atoms with van der Waals surface area (Å²) in [5.74, 6) is -1.51. The molecule has 0 spiro atoms. The van der Waals surface area contributed by atoms with Gasteiger partial charge in [0.15, 0.2) is 0 Å². The van der Waals surface area contributed by atoms with E-state index >= 15 is 0 Å². The van der Waals surface area contributed by atoms with Gasteiger partial charge in [0.25, 0.3) is 11.7 Å². The Morgan fingerprint density at radius 3 is 2.61 bits per heavy atom. The molecule has 3 aromatic rings. The van der Waals surface area contributed by atoms with Gasteiger partial charge in [0, 0.05) is 22.1 Å². The van der Waals surface area contributed by atoms with Crippen LogP contribution in [-0.4, -0.2) is 16.7 Å². The molecule has 3 rings (SSSR count). The third kappa shape index (κ3) is 3.06. The molecule has 0 unspecified atom stereocenters. The van der Waals surface area contributed by atoms with E-state index in [-0.39, 0.29) is 21.3 Å². The highest BCUT2D eigenvalue weighted by atomic mass is 35.5. The van der Waals surface area contributed by atoms with E-state index in [4.69, 9.17) is 34.8 Å². The van der Waals surface area contributed by atoms with Crippen LogP contribution in [0.1, 0.15) is 10.4 Å². The average Bonchev–Trinajstić information content (AvgIpc) is 2.94. The molecule has 2 N–H and O–H groups in total. The van der Waals surface area contributed by atoms with Gasteiger partial charge in [-0.3, -0.25) is 9.59 Å². The summed E-state index contributed by atoms with van der Waals surface area (Å²) in [6, 6.07) is 9.83. The van der Waals surface area contributed by atoms with E-state index in [9.17, 15) is 9.59 Å². The first-order valence-electron chi connectivity index (χ1n) is 6.53. The van der Waals surface area contributed by atoms with Crippen LogP contribution >= 0.6 is 34.8 Å². The lowest BCUT2D eigenvalue weighted by molar-refractivity contribution is -0.112. The zero-order chi connectivity index (χ0) is 16.6. The zero-order valence-corrected chi connectivity index (χ0v) is 13.8. The first-order valence-corrected chi connectivity index (χ1v) is 7.67. The Bertz CT molecular complexity index is 934. The predicted molar refractivity (Wildman–Crippen MR) is 92.7 cm³/mol. The SMILES string of the molecule is O=C(Nc1cccc(Cl)c1Cl)C(=O)c1c[nH]c2ccc(Cl)cc12. The van der Waals surface area contributed by atoms with Crippen molar-refractivity contribution in [3.8, 4) is 0 Å². The summed E-state index contributed by atoms with van der Waals surface area (Å²) in [5.41, 5.74) is 1.22. The van der Waals surface area contributed by atoms with Crippen LogP contribution in [0.5, 0.6) is 0 Å². The normalized spacial score (nSPS) is 10.7. The van der Waals surface area contributed by atoms with E-state index in [0.29, 0.717) is 15.9 Å². The molecule has 0 aliphatic heterocycles. The van der Waals surface area contributed by atoms with Gasteiger partial charge in [-0.1, -0.05) is 40.9 Å². The molecule has 0 aliphatic rings. The summed E-state index contributed by atoms with van der Waals surface area (Å²) in [6.45, 7) is 0. The summed E-state index contributed by atoms with van der Waals surface area (Å²) in [6.07, 6.45) is 1.47. The van der Waals surface area contributed by atoms with Gasteiger partial charge in [-0.15, -0.1) is 0 Å². The molecule has 0 bridgehead atoms. The molecule has 4 nitrogen and oxygen atoms in total. The molecule has 23 heavy (non-hydrogen) atoms. The number of rotatable bonds is 3. The molecule has 116 valence electrons. The van der Waals surface area contributed by atoms with Gasteiger partial charge in [0.2, 0.25) is 0 Å². The van der Waals surface area contributed by atoms with Crippen molar-refractivity contribution in [3.05, 3.63) is 63.2 Å². The molecule has 0 fully saturated rings. The number of aromatic nitrogens is 1. The molecule has 1 heterocycles. The van der Waals surface area contributed by atoms with Gasteiger partial charge in [0.05, 0.1) is 21.3 Å². The fraction of sp³-hybridized carbons (Fsp3) is 0. The molecule has 7 heteroatoms. The lowest BCUT2D eigenvalue weighted by atomic mass is 10.1. The number of benzene rings is 2. The van der Waals surface area contributed by atoms with E-state index in [1.54, 1.807) is 36.4 Å². The number of Topliss-reactive ketones (excluding diaryl/α,β-unsaturated/α-hetero) is 1. The third-order valence-electron chi connectivity index (χ3n) is 3.29. The van der Waals surface area contributed by atoms with E-state index < -0.39 is 11.7 Å². The summed E-state index contributed by atoms with van der Waals surface area (Å²) < 4.78 is 0. The van der Waals surface area contributed by atoms with Crippen molar-refractivity contribution in [1.29, 1.82) is 0 Å². The van der Waals surface area contributed by atoms with E-state index in [1.165, 1.54) is 6.20 Å². The topological polar surface area (TPSA) is 62.0 Å². The molecule has 0 aliphatic carbocycles. The fourth-order valence-electron chi connectivity index (χ4n) is 2.18. The molecular weight excluding hydrogens is 359 g/mol. The second-order valence-electron chi connectivity index (χ2n) is 4.78. The van der Waals surface area contributed by atoms with Gasteiger partial charge >= 0.3 is 0 Å². The number of hydrogen-bond acceptors (Lipinski definition) is 2. The highest BCUT2D eigenvalue weighted by molar-refractivity contribution is 6.50. The summed E-state index contributed by atoms with van der Waals surface area (Å²) >= 11 is 17.8. The first kappa shape index (κ1) is 15.9. The summed E-state index contributed by atoms with van der Waals surface area (Å²) in [7, 11) is 0. The lowest BCUT2D eigenvalue weighted by Gasteiger charge is -2.07. The van der Waals surface area contributed by atoms with Crippen molar-refractivity contribution in [1.82, 2.24) is 4.98 Å². The maximum Gasteiger partial charge on any atom is 0.296 e. The number of H-pyrrole nitrogens is 1. The molecule has 0 saturated heterocycles. The maximum atomic E-state index is 12.4. The van der Waals surface area contributed by atoms with Crippen molar-refractivity contribution >= 4 is 63.1 Å². The second-order valence-corrected chi connectivity index (χ2v) is 6.00. The van der Waals surface area contributed by atoms with Crippen LogP contribution in [0.25, 0.3) is 10.9 Å². The van der Waals surface area contributed by atoms with E-state index in [0.717, 1.165) is 0 Å². The van der Waals surface area contributed by atoms with Crippen molar-refractivity contribution in [2.45, 2.75) is 0 Å². The van der Waals surface area contributed by atoms with E-state index in [2.05, 4.69) is 10.3 Å². The molecule has 0 saturated carbocycles. The minimum atomic E-state index is -0.810. The molecule has 2 aromatic carbocycles. The number of hydrogen-bond donors (Lipinski definition) is 2. The van der Waals surface area contributed by atoms with Gasteiger partial charge in [-0.25, -0.2) is 0 Å². The quantitative estimate of drug-likeness (QED) is 0.508. The van der Waals surface area contributed by atoms with Gasteiger partial charge < -0.3 is 10.3 Å². The smallest absolute Gasteiger partial charge is 0.296 e. The standard InChI is InChI=1S/C16H9Cl3N2O2/c17-8-4-5-12-9(6-8)10(7-20-12)15(22)16(23)21-13-3-1-2-11(18)14(13)19/h1-7,20H,(H,21,23). The monoisotopic (exact) mass is 366 g/mol. The van der Waals surface area contributed by atoms with Crippen LogP contribution in [0.2, 0.25) is 15.1 Å². The van der Waals surface area contributed by atoms with Crippen LogP contribution < -0.4 is 5.32 Å². The Hall–Kier alpha value is -2.01. The number of amides is 1. The van der Waals surface area contributed by atoms with Crippen LogP contribution in [-0.2, 0) is 4.79 Å². The van der Waals surface area contributed by atoms with Crippen LogP contribution in [0, 0.1) is 0 Å². The minimum absolute atomic E-state index is 0.178. The van der Waals surface area contributed by atoms with Gasteiger partial charge in [-0.05, 0) is 30.3 Å². The number of nitrogens with one attached hydrogen (secondary N) is 2. The predicted octanol–water partition coefficient (Wildman–Crippen LogP) is 4.95. The zero-order valence-electron chi connectivity index (χ0n) is 11.5. The Labute approximate surface area is 146 Å². The van der Waals surface area contributed by atoms with Crippen LogP contribution in [0.4, 0.5) is 5.69 Å². The fourth-order valence-corrected chi connectivity index (χ4v) is 2.70. The number of fused-ring (bicyclic) bond motifs is 1. The average molecular weight is 368 g/mol. The largest absolute Gasteiger partial charge is 0.360 e. The molecule has 0 radical (unpaired) electrons. The third-order valence-corrected chi connectivity index (χ3v) is 4.35. The summed E-state index contributed by atoms with van der Waals surface area (Å²) in [5, 5.41) is 3.99. The van der Waals surface area contributed by atoms with Crippen molar-refractivity contribution in [2.24, 2.45) is 0 Å². The lowest BCUT2D eigenvalue weighted by Crippen LogP contribution is -2.22. The number of carbonyl (C=O) groups excluding carboxylic acids is 2. The van der Waals surface area contributed by atoms with E-state index in [1.807, 2.05) is 0 Å². The van der Waals surface area contributed by atoms with Crippen LogP contribution in [0.3, 0.4) is 0 Å². The molecular formula is C16H9Cl3N2O2. The second kappa shape index (κ2) is 6.24.